The monoisotopic (exact) mass is 990 g/mol. The van der Waals surface area contributed by atoms with Crippen molar-refractivity contribution < 1.29 is 109 Å². The third kappa shape index (κ3) is 18.7. The van der Waals surface area contributed by atoms with E-state index in [0.717, 1.165) is 12.8 Å². The molecule has 0 aliphatic carbocycles. The van der Waals surface area contributed by atoms with E-state index in [1.807, 2.05) is 0 Å². The van der Waals surface area contributed by atoms with Crippen LogP contribution in [0.2, 0.25) is 0 Å². The third-order valence-corrected chi connectivity index (χ3v) is 11.4. The van der Waals surface area contributed by atoms with E-state index in [1.165, 1.54) is 4.90 Å². The maximum Gasteiger partial charge on any atom is 0.237 e. The molecular weight excluding hydrogens is 916 g/mol. The average Bonchev–Trinajstić information content (AvgIpc) is 3.32. The van der Waals surface area contributed by atoms with E-state index in [0.29, 0.717) is 32.2 Å². The molecule has 3 fully saturated rings. The second-order valence-corrected chi connectivity index (χ2v) is 16.6. The number of nitrogens with two attached hydrogens (primary N) is 1. The second-order valence-electron chi connectivity index (χ2n) is 16.6. The molecule has 3 aliphatic heterocycles. The number of unbranched alkanes of at least 4 members (excludes halogenated alkanes) is 3. The number of hydrogen-bond acceptors (Lipinski definition) is 24. The fourth-order valence-electron chi connectivity index (χ4n) is 7.44. The topological polar surface area (TPSA) is 444 Å². The smallest absolute Gasteiger partial charge is 0.237 e. The molecule has 4 amide bonds. The number of carbonyl (C=O) groups excluding carboxylic acids is 4. The van der Waals surface area contributed by atoms with Gasteiger partial charge in [0.05, 0.1) is 58.8 Å². The van der Waals surface area contributed by atoms with Gasteiger partial charge in [-0.15, -0.1) is 0 Å². The number of aliphatic hydroxyl groups is 12. The van der Waals surface area contributed by atoms with Crippen LogP contribution >= 0.6 is 0 Å². The molecule has 16 atom stereocenters. The Kier molecular flexibility index (Phi) is 27.4. The highest BCUT2D eigenvalue weighted by molar-refractivity contribution is 5.86. The van der Waals surface area contributed by atoms with Crippen LogP contribution in [0.5, 0.6) is 0 Å². The standard InChI is InChI=1S/C40H74N6O22/c41-8-4-1-2-7-25(50)42-9-5-3-6-21(37(62)45-12-15-65-40-36(61)33(58)30(55)24(20-49)68-40)46(16-26(51)43-10-13-63-38-34(59)31(56)28(53)22(18-47)66-38)17-27(52)44-11-14-64-39-35(60)32(57)29(54)23(19-48)67-39/h21-24,28-36,38-40,47-49,53-61H,1-20,41H2,(H,42,50)(H,43,51)(H,44,52)(H,45,62)/t21?,22-,23-,24-,28-,29-,30-,31+,32+,33+,34+,35+,36+,38+,39+,40+/m1/s1. The minimum atomic E-state index is -1.71. The van der Waals surface area contributed by atoms with Crippen LogP contribution in [0.15, 0.2) is 0 Å². The molecule has 396 valence electrons. The molecule has 0 aromatic heterocycles. The van der Waals surface area contributed by atoms with Crippen molar-refractivity contribution in [2.24, 2.45) is 5.73 Å². The van der Waals surface area contributed by atoms with Crippen molar-refractivity contribution in [3.05, 3.63) is 0 Å². The van der Waals surface area contributed by atoms with Gasteiger partial charge in [0.25, 0.3) is 0 Å². The van der Waals surface area contributed by atoms with Crippen LogP contribution in [0.1, 0.15) is 44.9 Å². The molecule has 68 heavy (non-hydrogen) atoms. The first kappa shape index (κ1) is 59.4. The number of carbonyl (C=O) groups is 4. The van der Waals surface area contributed by atoms with Crippen molar-refractivity contribution in [1.82, 2.24) is 26.2 Å². The van der Waals surface area contributed by atoms with E-state index in [-0.39, 0.29) is 58.3 Å². The maximum atomic E-state index is 14.0. The van der Waals surface area contributed by atoms with Crippen molar-refractivity contribution in [1.29, 1.82) is 0 Å². The Labute approximate surface area is 392 Å². The van der Waals surface area contributed by atoms with Gasteiger partial charge in [-0.25, -0.2) is 0 Å². The lowest BCUT2D eigenvalue weighted by Crippen LogP contribution is -2.59. The fourth-order valence-corrected chi connectivity index (χ4v) is 7.44. The zero-order chi connectivity index (χ0) is 50.3. The lowest BCUT2D eigenvalue weighted by molar-refractivity contribution is -0.300. The molecule has 1 unspecified atom stereocenters. The van der Waals surface area contributed by atoms with Crippen molar-refractivity contribution >= 4 is 23.6 Å². The van der Waals surface area contributed by atoms with Gasteiger partial charge >= 0.3 is 0 Å². The first-order chi connectivity index (χ1) is 32.5. The molecule has 0 saturated carbocycles. The second kappa shape index (κ2) is 31.4. The molecule has 3 saturated heterocycles. The van der Waals surface area contributed by atoms with E-state index < -0.39 is 149 Å². The molecule has 18 N–H and O–H groups in total. The summed E-state index contributed by atoms with van der Waals surface area (Å²) >= 11 is 0. The largest absolute Gasteiger partial charge is 0.394 e. The number of amides is 4. The van der Waals surface area contributed by atoms with Crippen LogP contribution < -0.4 is 27.0 Å². The summed E-state index contributed by atoms with van der Waals surface area (Å²) in [7, 11) is 0. The van der Waals surface area contributed by atoms with Crippen molar-refractivity contribution in [3.63, 3.8) is 0 Å². The number of aliphatic hydroxyl groups excluding tert-OH is 12. The molecule has 0 radical (unpaired) electrons. The van der Waals surface area contributed by atoms with Crippen molar-refractivity contribution in [2.45, 2.75) is 143 Å². The van der Waals surface area contributed by atoms with E-state index in [4.69, 9.17) is 34.2 Å². The van der Waals surface area contributed by atoms with Gasteiger partial charge in [0.15, 0.2) is 18.9 Å². The highest BCUT2D eigenvalue weighted by Gasteiger charge is 2.46. The SMILES string of the molecule is NCCCCCC(=O)NCCCCC(C(=O)NCCO[C@H]1O[C@H](CO)[C@@H](O)[C@H](O)[C@@H]1O)N(CC(=O)NCCO[C@H]1O[C@H](CO)[C@@H](O)[C@H](O)[C@@H]1O)CC(=O)NCCO[C@H]1O[C@H](CO)[C@@H](O)[C@H](O)[C@@H]1O. The maximum absolute atomic E-state index is 14.0. The summed E-state index contributed by atoms with van der Waals surface area (Å²) in [5.74, 6) is -2.29. The van der Waals surface area contributed by atoms with Gasteiger partial charge in [-0.3, -0.25) is 24.1 Å². The van der Waals surface area contributed by atoms with Gasteiger partial charge in [0, 0.05) is 32.6 Å². The molecule has 0 aromatic rings. The highest BCUT2D eigenvalue weighted by Crippen LogP contribution is 2.24. The van der Waals surface area contributed by atoms with E-state index in [9.17, 15) is 80.5 Å². The lowest BCUT2D eigenvalue weighted by Gasteiger charge is -2.39. The zero-order valence-corrected chi connectivity index (χ0v) is 37.9. The Morgan fingerprint density at radius 3 is 1.28 bits per heavy atom. The number of rotatable bonds is 31. The number of nitrogens with one attached hydrogen (secondary N) is 4. The van der Waals surface area contributed by atoms with Crippen LogP contribution in [0, 0.1) is 0 Å². The average molecular weight is 991 g/mol. The van der Waals surface area contributed by atoms with Crippen LogP contribution in [-0.4, -0.2) is 273 Å². The summed E-state index contributed by atoms with van der Waals surface area (Å²) in [4.78, 5) is 54.5. The van der Waals surface area contributed by atoms with Crippen molar-refractivity contribution in [2.75, 3.05) is 85.5 Å². The molecule has 0 spiro atoms. The molecule has 3 rings (SSSR count). The minimum Gasteiger partial charge on any atom is -0.394 e. The van der Waals surface area contributed by atoms with Gasteiger partial charge in [0.1, 0.15) is 73.2 Å². The molecule has 28 heteroatoms. The van der Waals surface area contributed by atoms with Gasteiger partial charge in [0.2, 0.25) is 23.6 Å². The molecule has 0 bridgehead atoms. The summed E-state index contributed by atoms with van der Waals surface area (Å²) in [6.07, 6.45) is -20.0. The first-order valence-electron chi connectivity index (χ1n) is 22.8. The fraction of sp³-hybridized carbons (Fsp3) is 0.900. The van der Waals surface area contributed by atoms with Gasteiger partial charge in [-0.2, -0.15) is 0 Å². The van der Waals surface area contributed by atoms with Crippen LogP contribution in [-0.2, 0) is 47.6 Å². The highest BCUT2D eigenvalue weighted by atomic mass is 16.7. The summed E-state index contributed by atoms with van der Waals surface area (Å²) < 4.78 is 32.3. The van der Waals surface area contributed by atoms with E-state index in [2.05, 4.69) is 21.3 Å². The molecule has 28 nitrogen and oxygen atoms in total. The zero-order valence-electron chi connectivity index (χ0n) is 37.9. The van der Waals surface area contributed by atoms with E-state index in [1.54, 1.807) is 0 Å². The molecule has 3 aliphatic rings. The van der Waals surface area contributed by atoms with Crippen LogP contribution in [0.4, 0.5) is 0 Å². The van der Waals surface area contributed by atoms with Gasteiger partial charge in [-0.05, 0) is 38.6 Å². The number of nitrogens with zero attached hydrogens (tertiary/aromatic N) is 1. The molecule has 0 aromatic carbocycles. The summed E-state index contributed by atoms with van der Waals surface area (Å²) in [5, 5.41) is 130. The molecule has 3 heterocycles. The third-order valence-electron chi connectivity index (χ3n) is 11.4. The summed E-state index contributed by atoms with van der Waals surface area (Å²) in [6.45, 7) is -4.08. The Balaban J connectivity index is 1.71. The molecular formula is C40H74N6O22. The Hall–Kier alpha value is -2.92. The number of ether oxygens (including phenoxy) is 6. The quantitative estimate of drug-likeness (QED) is 0.0287. The normalized spacial score (nSPS) is 32.4. The van der Waals surface area contributed by atoms with Crippen LogP contribution in [0.3, 0.4) is 0 Å². The van der Waals surface area contributed by atoms with Gasteiger partial charge < -0.3 is 117 Å². The summed E-state index contributed by atoms with van der Waals surface area (Å²) in [6, 6.07) is -1.21. The van der Waals surface area contributed by atoms with E-state index >= 15 is 0 Å². The Morgan fingerprint density at radius 1 is 0.485 bits per heavy atom. The Morgan fingerprint density at radius 2 is 0.882 bits per heavy atom. The van der Waals surface area contributed by atoms with Gasteiger partial charge in [-0.1, -0.05) is 6.42 Å². The predicted molar refractivity (Wildman–Crippen MR) is 228 cm³/mol. The Bertz CT molecular complexity index is 1420. The minimum absolute atomic E-state index is 0.0345. The van der Waals surface area contributed by atoms with Crippen LogP contribution in [0.25, 0.3) is 0 Å². The summed E-state index contributed by atoms with van der Waals surface area (Å²) in [5.41, 5.74) is 5.52. The number of hydrogen-bond donors (Lipinski definition) is 17. The van der Waals surface area contributed by atoms with Crippen molar-refractivity contribution in [3.8, 4) is 0 Å². The predicted octanol–water partition coefficient (Wildman–Crippen LogP) is -9.74. The first-order valence-corrected chi connectivity index (χ1v) is 22.8. The lowest BCUT2D eigenvalue weighted by atomic mass is 9.99.